The Morgan fingerprint density at radius 1 is 0.970 bits per heavy atom. The normalized spacial score (nSPS) is 16.0. The van der Waals surface area contributed by atoms with E-state index in [-0.39, 0.29) is 29.1 Å². The highest BCUT2D eigenvalue weighted by Crippen LogP contribution is 2.40. The fourth-order valence-electron chi connectivity index (χ4n) is 4.52. The molecule has 1 aliphatic rings. The summed E-state index contributed by atoms with van der Waals surface area (Å²) in [4.78, 5) is 28.9. The first-order valence-electron chi connectivity index (χ1n) is 11.2. The number of aryl methyl sites for hydroxylation is 2. The lowest BCUT2D eigenvalue weighted by atomic mass is 9.86. The molecule has 168 valence electrons. The topological polar surface area (TPSA) is 63.7 Å². The number of hydrogen-bond donors (Lipinski definition) is 0. The van der Waals surface area contributed by atoms with Crippen molar-refractivity contribution < 1.29 is 13.6 Å². The Labute approximate surface area is 192 Å². The summed E-state index contributed by atoms with van der Waals surface area (Å²) in [5, 5.41) is 0.501. The summed E-state index contributed by atoms with van der Waals surface area (Å²) in [6, 6.07) is 14.9. The summed E-state index contributed by atoms with van der Waals surface area (Å²) in [5.41, 5.74) is 4.76. The summed E-state index contributed by atoms with van der Waals surface area (Å²) in [7, 11) is 0. The molecule has 5 rings (SSSR count). The largest absolute Gasteiger partial charge is 0.467 e. The van der Waals surface area contributed by atoms with Crippen LogP contribution in [0.2, 0.25) is 0 Å². The third-order valence-electron chi connectivity index (χ3n) is 6.58. The van der Waals surface area contributed by atoms with Crippen LogP contribution in [0.1, 0.15) is 70.9 Å². The van der Waals surface area contributed by atoms with Crippen molar-refractivity contribution in [2.75, 3.05) is 0 Å². The smallest absolute Gasteiger partial charge is 0.291 e. The van der Waals surface area contributed by atoms with Gasteiger partial charge in [-0.15, -0.1) is 0 Å². The standard InChI is InChI=1S/C28H27NO4/c1-16-13-21-22(14-17(16)2)33-26-23(25(21)30)24(18-8-10-19(11-9-18)28(3,4)5)29(27(26)31)15-20-7-6-12-32-20/h6-14,24H,15H2,1-5H3. The van der Waals surface area contributed by atoms with Crippen LogP contribution < -0.4 is 5.43 Å². The number of carbonyl (C=O) groups excluding carboxylic acids is 1. The van der Waals surface area contributed by atoms with Crippen molar-refractivity contribution in [2.45, 2.75) is 52.6 Å². The van der Waals surface area contributed by atoms with Gasteiger partial charge in [0.05, 0.1) is 29.8 Å². The summed E-state index contributed by atoms with van der Waals surface area (Å²) in [6.07, 6.45) is 1.58. The molecule has 1 aliphatic heterocycles. The molecule has 2 aromatic heterocycles. The number of hydrogen-bond acceptors (Lipinski definition) is 4. The van der Waals surface area contributed by atoms with E-state index in [0.717, 1.165) is 16.7 Å². The molecule has 5 nitrogen and oxygen atoms in total. The van der Waals surface area contributed by atoms with Gasteiger partial charge in [-0.1, -0.05) is 45.0 Å². The Morgan fingerprint density at radius 3 is 2.30 bits per heavy atom. The van der Waals surface area contributed by atoms with Crippen molar-refractivity contribution >= 4 is 16.9 Å². The molecule has 0 N–H and O–H groups in total. The van der Waals surface area contributed by atoms with Crippen molar-refractivity contribution in [3.05, 3.63) is 104 Å². The minimum absolute atomic E-state index is 0.000402. The van der Waals surface area contributed by atoms with Crippen molar-refractivity contribution in [3.63, 3.8) is 0 Å². The fraction of sp³-hybridized carbons (Fsp3) is 0.286. The van der Waals surface area contributed by atoms with E-state index in [1.165, 1.54) is 5.56 Å². The van der Waals surface area contributed by atoms with Gasteiger partial charge in [-0.05, 0) is 65.8 Å². The first-order chi connectivity index (χ1) is 15.6. The van der Waals surface area contributed by atoms with Crippen LogP contribution in [0.5, 0.6) is 0 Å². The second-order valence-electron chi connectivity index (χ2n) is 9.89. The predicted molar refractivity (Wildman–Crippen MR) is 128 cm³/mol. The first-order valence-corrected chi connectivity index (χ1v) is 11.2. The van der Waals surface area contributed by atoms with Crippen molar-refractivity contribution in [3.8, 4) is 0 Å². The molecule has 1 atom stereocenters. The third-order valence-corrected chi connectivity index (χ3v) is 6.58. The molecule has 0 spiro atoms. The molecular formula is C28H27NO4. The first kappa shape index (κ1) is 21.3. The molecule has 0 saturated heterocycles. The summed E-state index contributed by atoms with van der Waals surface area (Å²) >= 11 is 0. The number of furan rings is 1. The second kappa shape index (κ2) is 7.48. The van der Waals surface area contributed by atoms with Gasteiger partial charge in [0.15, 0.2) is 5.43 Å². The van der Waals surface area contributed by atoms with Gasteiger partial charge in [0, 0.05) is 0 Å². The van der Waals surface area contributed by atoms with E-state index in [9.17, 15) is 9.59 Å². The predicted octanol–water partition coefficient (Wildman–Crippen LogP) is 6.05. The molecule has 0 aliphatic carbocycles. The maximum atomic E-state index is 13.7. The monoisotopic (exact) mass is 441 g/mol. The third kappa shape index (κ3) is 3.48. The summed E-state index contributed by atoms with van der Waals surface area (Å²) < 4.78 is 11.6. The minimum atomic E-state index is -0.547. The molecule has 0 fully saturated rings. The van der Waals surface area contributed by atoms with Crippen LogP contribution in [-0.2, 0) is 12.0 Å². The number of fused-ring (bicyclic) bond motifs is 2. The van der Waals surface area contributed by atoms with Crippen LogP contribution in [0, 0.1) is 13.8 Å². The maximum Gasteiger partial charge on any atom is 0.291 e. The molecular weight excluding hydrogens is 414 g/mol. The van der Waals surface area contributed by atoms with Crippen molar-refractivity contribution in [1.29, 1.82) is 0 Å². The minimum Gasteiger partial charge on any atom is -0.467 e. The Hall–Kier alpha value is -3.60. The number of benzene rings is 2. The van der Waals surface area contributed by atoms with Gasteiger partial charge < -0.3 is 13.7 Å². The van der Waals surface area contributed by atoms with Crippen LogP contribution in [-0.4, -0.2) is 10.8 Å². The molecule has 0 radical (unpaired) electrons. The molecule has 33 heavy (non-hydrogen) atoms. The summed E-state index contributed by atoms with van der Waals surface area (Å²) in [5.74, 6) is 0.465. The lowest BCUT2D eigenvalue weighted by Gasteiger charge is -2.25. The Kier molecular flexibility index (Phi) is 4.82. The van der Waals surface area contributed by atoms with E-state index >= 15 is 0 Å². The zero-order valence-corrected chi connectivity index (χ0v) is 19.6. The highest BCUT2D eigenvalue weighted by molar-refractivity contribution is 5.99. The van der Waals surface area contributed by atoms with Crippen molar-refractivity contribution in [2.24, 2.45) is 0 Å². The quantitative estimate of drug-likeness (QED) is 0.388. The zero-order chi connectivity index (χ0) is 23.5. The number of rotatable bonds is 3. The van der Waals surface area contributed by atoms with E-state index in [4.69, 9.17) is 8.83 Å². The molecule has 0 saturated carbocycles. The molecule has 4 aromatic rings. The van der Waals surface area contributed by atoms with Crippen molar-refractivity contribution in [1.82, 2.24) is 4.90 Å². The Bertz CT molecular complexity index is 1420. The lowest BCUT2D eigenvalue weighted by Crippen LogP contribution is -2.29. The average molecular weight is 442 g/mol. The van der Waals surface area contributed by atoms with Gasteiger partial charge in [0.1, 0.15) is 11.3 Å². The highest BCUT2D eigenvalue weighted by atomic mass is 16.3. The molecule has 5 heteroatoms. The van der Waals surface area contributed by atoms with Crippen LogP contribution >= 0.6 is 0 Å². The van der Waals surface area contributed by atoms with E-state index in [1.54, 1.807) is 17.2 Å². The summed E-state index contributed by atoms with van der Waals surface area (Å²) in [6.45, 7) is 10.7. The van der Waals surface area contributed by atoms with Gasteiger partial charge >= 0.3 is 0 Å². The molecule has 2 aromatic carbocycles. The van der Waals surface area contributed by atoms with E-state index in [2.05, 4.69) is 32.9 Å². The van der Waals surface area contributed by atoms with Gasteiger partial charge in [-0.25, -0.2) is 0 Å². The highest BCUT2D eigenvalue weighted by Gasteiger charge is 2.43. The van der Waals surface area contributed by atoms with Crippen LogP contribution in [0.15, 0.2) is 68.4 Å². The number of amides is 1. The van der Waals surface area contributed by atoms with Gasteiger partial charge in [0.2, 0.25) is 5.76 Å². The zero-order valence-electron chi connectivity index (χ0n) is 19.6. The Balaban J connectivity index is 1.72. The van der Waals surface area contributed by atoms with E-state index in [0.29, 0.717) is 22.3 Å². The molecule has 1 unspecified atom stereocenters. The van der Waals surface area contributed by atoms with Gasteiger partial charge in [-0.2, -0.15) is 0 Å². The van der Waals surface area contributed by atoms with Gasteiger partial charge in [-0.3, -0.25) is 9.59 Å². The van der Waals surface area contributed by atoms with Crippen LogP contribution in [0.3, 0.4) is 0 Å². The lowest BCUT2D eigenvalue weighted by molar-refractivity contribution is 0.0701. The second-order valence-corrected chi connectivity index (χ2v) is 9.89. The molecule has 3 heterocycles. The van der Waals surface area contributed by atoms with Crippen LogP contribution in [0.25, 0.3) is 11.0 Å². The SMILES string of the molecule is Cc1cc2oc3c(c(=O)c2cc1C)C(c1ccc(C(C)(C)C)cc1)N(Cc1ccco1)C3=O. The Morgan fingerprint density at radius 2 is 1.67 bits per heavy atom. The van der Waals surface area contributed by atoms with Gasteiger partial charge in [0.25, 0.3) is 5.91 Å². The maximum absolute atomic E-state index is 13.7. The van der Waals surface area contributed by atoms with Crippen LogP contribution in [0.4, 0.5) is 0 Å². The fourth-order valence-corrected chi connectivity index (χ4v) is 4.52. The molecule has 0 bridgehead atoms. The average Bonchev–Trinajstić information content (AvgIpc) is 3.37. The number of nitrogens with zero attached hydrogens (tertiary/aromatic N) is 1. The number of carbonyl (C=O) groups is 1. The van der Waals surface area contributed by atoms with E-state index in [1.807, 2.05) is 44.2 Å². The molecule has 1 amide bonds. The van der Waals surface area contributed by atoms with E-state index < -0.39 is 6.04 Å².